The van der Waals surface area contributed by atoms with Crippen LogP contribution in [0.25, 0.3) is 0 Å². The van der Waals surface area contributed by atoms with Crippen molar-refractivity contribution in [2.45, 2.75) is 19.3 Å². The third-order valence-electron chi connectivity index (χ3n) is 4.70. The molecule has 0 aliphatic carbocycles. The average Bonchev–Trinajstić information content (AvgIpc) is 2.56. The van der Waals surface area contributed by atoms with Crippen LogP contribution < -0.4 is 4.90 Å². The molecule has 2 heterocycles. The molecule has 0 radical (unpaired) electrons. The minimum Gasteiger partial charge on any atom is -0.465 e. The Hall–Kier alpha value is -1.75. The number of likely N-dealkylation sites (tertiary alicyclic amines) is 1. The smallest absolute Gasteiger partial charge is 0.407 e. The van der Waals surface area contributed by atoms with Gasteiger partial charge in [-0.1, -0.05) is 12.1 Å². The van der Waals surface area contributed by atoms with Crippen LogP contribution in [0.4, 0.5) is 10.5 Å². The zero-order chi connectivity index (χ0) is 15.4. The van der Waals surface area contributed by atoms with Crippen LogP contribution in [0.2, 0.25) is 0 Å². The van der Waals surface area contributed by atoms with E-state index in [9.17, 15) is 4.79 Å². The highest BCUT2D eigenvalue weighted by molar-refractivity contribution is 5.65. The summed E-state index contributed by atoms with van der Waals surface area (Å²) in [6.07, 6.45) is 2.20. The number of benzene rings is 1. The van der Waals surface area contributed by atoms with Gasteiger partial charge in [-0.15, -0.1) is 0 Å². The highest BCUT2D eigenvalue weighted by atomic mass is 16.5. The van der Waals surface area contributed by atoms with Crippen LogP contribution >= 0.6 is 0 Å². The standard InChI is InChI=1S/C17H24N2O3/c20-17(21)19-6-4-14(5-7-19)12-15-2-1-3-16(13-15)18-8-10-22-11-9-18/h1-3,13-14H,4-12H2,(H,20,21). The van der Waals surface area contributed by atoms with E-state index in [4.69, 9.17) is 9.84 Å². The van der Waals surface area contributed by atoms with Crippen molar-refractivity contribution in [3.63, 3.8) is 0 Å². The summed E-state index contributed by atoms with van der Waals surface area (Å²) in [5.41, 5.74) is 2.64. The Morgan fingerprint density at radius 3 is 2.59 bits per heavy atom. The molecule has 0 spiro atoms. The molecule has 2 fully saturated rings. The number of carbonyl (C=O) groups is 1. The molecule has 2 aliphatic heterocycles. The zero-order valence-electron chi connectivity index (χ0n) is 12.9. The van der Waals surface area contributed by atoms with Gasteiger partial charge in [0.25, 0.3) is 0 Å². The van der Waals surface area contributed by atoms with Gasteiger partial charge in [-0.05, 0) is 42.9 Å². The van der Waals surface area contributed by atoms with Crippen molar-refractivity contribution < 1.29 is 14.6 Å². The van der Waals surface area contributed by atoms with Gasteiger partial charge in [0.15, 0.2) is 0 Å². The van der Waals surface area contributed by atoms with Gasteiger partial charge >= 0.3 is 6.09 Å². The number of amides is 1. The Morgan fingerprint density at radius 1 is 1.18 bits per heavy atom. The minimum atomic E-state index is -0.784. The number of hydrogen-bond acceptors (Lipinski definition) is 3. The summed E-state index contributed by atoms with van der Waals surface area (Å²) in [5.74, 6) is 0.593. The molecule has 0 saturated carbocycles. The summed E-state index contributed by atoms with van der Waals surface area (Å²) < 4.78 is 5.41. The van der Waals surface area contributed by atoms with Crippen molar-refractivity contribution in [2.24, 2.45) is 5.92 Å². The van der Waals surface area contributed by atoms with E-state index in [0.717, 1.165) is 45.6 Å². The fourth-order valence-electron chi connectivity index (χ4n) is 3.36. The van der Waals surface area contributed by atoms with E-state index in [1.165, 1.54) is 16.2 Å². The van der Waals surface area contributed by atoms with E-state index in [2.05, 4.69) is 29.2 Å². The lowest BCUT2D eigenvalue weighted by atomic mass is 9.90. The molecular formula is C17H24N2O3. The summed E-state index contributed by atoms with van der Waals surface area (Å²) in [4.78, 5) is 14.9. The molecule has 0 aromatic heterocycles. The molecule has 0 atom stereocenters. The highest BCUT2D eigenvalue weighted by Crippen LogP contribution is 2.24. The first-order valence-electron chi connectivity index (χ1n) is 8.12. The van der Waals surface area contributed by atoms with Crippen LogP contribution in [0.5, 0.6) is 0 Å². The highest BCUT2D eigenvalue weighted by Gasteiger charge is 2.22. The molecule has 5 nitrogen and oxygen atoms in total. The molecule has 1 N–H and O–H groups in total. The Bertz CT molecular complexity index is 506. The van der Waals surface area contributed by atoms with E-state index >= 15 is 0 Å². The van der Waals surface area contributed by atoms with Crippen molar-refractivity contribution in [3.05, 3.63) is 29.8 Å². The second-order valence-corrected chi connectivity index (χ2v) is 6.19. The Labute approximate surface area is 131 Å². The maximum Gasteiger partial charge on any atom is 0.407 e. The number of anilines is 1. The van der Waals surface area contributed by atoms with Gasteiger partial charge in [-0.3, -0.25) is 0 Å². The van der Waals surface area contributed by atoms with E-state index in [0.29, 0.717) is 19.0 Å². The SMILES string of the molecule is O=C(O)N1CCC(Cc2cccc(N3CCOCC3)c2)CC1. The summed E-state index contributed by atoms with van der Waals surface area (Å²) >= 11 is 0. The molecule has 0 unspecified atom stereocenters. The maximum absolute atomic E-state index is 10.9. The molecular weight excluding hydrogens is 280 g/mol. The van der Waals surface area contributed by atoms with Crippen molar-refractivity contribution in [3.8, 4) is 0 Å². The van der Waals surface area contributed by atoms with E-state index in [1.807, 2.05) is 0 Å². The zero-order valence-corrected chi connectivity index (χ0v) is 12.9. The van der Waals surface area contributed by atoms with Crippen molar-refractivity contribution in [2.75, 3.05) is 44.3 Å². The largest absolute Gasteiger partial charge is 0.465 e. The van der Waals surface area contributed by atoms with Crippen LogP contribution in [-0.2, 0) is 11.2 Å². The van der Waals surface area contributed by atoms with Crippen LogP contribution in [-0.4, -0.2) is 55.5 Å². The lowest BCUT2D eigenvalue weighted by Crippen LogP contribution is -2.38. The van der Waals surface area contributed by atoms with E-state index in [1.54, 1.807) is 0 Å². The normalized spacial score (nSPS) is 20.2. The summed E-state index contributed by atoms with van der Waals surface area (Å²) in [7, 11) is 0. The summed E-state index contributed by atoms with van der Waals surface area (Å²) in [5, 5.41) is 9.01. The molecule has 2 aliphatic rings. The second kappa shape index (κ2) is 7.01. The van der Waals surface area contributed by atoms with Gasteiger partial charge in [0.05, 0.1) is 13.2 Å². The van der Waals surface area contributed by atoms with Crippen LogP contribution in [0, 0.1) is 5.92 Å². The Morgan fingerprint density at radius 2 is 1.91 bits per heavy atom. The third kappa shape index (κ3) is 3.71. The molecule has 1 aromatic rings. The molecule has 0 bridgehead atoms. The first kappa shape index (κ1) is 15.2. The topological polar surface area (TPSA) is 53.0 Å². The number of rotatable bonds is 3. The number of hydrogen-bond donors (Lipinski definition) is 1. The fraction of sp³-hybridized carbons (Fsp3) is 0.588. The predicted octanol–water partition coefficient (Wildman–Crippen LogP) is 2.46. The van der Waals surface area contributed by atoms with E-state index in [-0.39, 0.29) is 0 Å². The van der Waals surface area contributed by atoms with Gasteiger partial charge < -0.3 is 19.6 Å². The van der Waals surface area contributed by atoms with Gasteiger partial charge in [-0.2, -0.15) is 0 Å². The van der Waals surface area contributed by atoms with Crippen molar-refractivity contribution >= 4 is 11.8 Å². The fourth-order valence-corrected chi connectivity index (χ4v) is 3.36. The van der Waals surface area contributed by atoms with Crippen LogP contribution in [0.3, 0.4) is 0 Å². The molecule has 5 heteroatoms. The average molecular weight is 304 g/mol. The number of piperidine rings is 1. The molecule has 1 amide bonds. The Balaban J connectivity index is 1.58. The van der Waals surface area contributed by atoms with Gasteiger partial charge in [0.1, 0.15) is 0 Å². The third-order valence-corrected chi connectivity index (χ3v) is 4.70. The molecule has 2 saturated heterocycles. The molecule has 3 rings (SSSR count). The summed E-state index contributed by atoms with van der Waals surface area (Å²) in [6, 6.07) is 8.77. The number of carboxylic acid groups (broad SMARTS) is 1. The van der Waals surface area contributed by atoms with Crippen LogP contribution in [0.1, 0.15) is 18.4 Å². The van der Waals surface area contributed by atoms with Gasteiger partial charge in [-0.25, -0.2) is 4.79 Å². The molecule has 1 aromatic carbocycles. The second-order valence-electron chi connectivity index (χ2n) is 6.19. The monoisotopic (exact) mass is 304 g/mol. The van der Waals surface area contributed by atoms with Gasteiger partial charge in [0.2, 0.25) is 0 Å². The van der Waals surface area contributed by atoms with Gasteiger partial charge in [0, 0.05) is 31.9 Å². The first-order chi connectivity index (χ1) is 10.7. The predicted molar refractivity (Wildman–Crippen MR) is 85.5 cm³/mol. The lowest BCUT2D eigenvalue weighted by molar-refractivity contribution is 0.122. The minimum absolute atomic E-state index is 0.593. The quantitative estimate of drug-likeness (QED) is 0.932. The van der Waals surface area contributed by atoms with E-state index < -0.39 is 6.09 Å². The summed E-state index contributed by atoms with van der Waals surface area (Å²) in [6.45, 7) is 4.86. The number of morpholine rings is 1. The number of ether oxygens (including phenoxy) is 1. The van der Waals surface area contributed by atoms with Crippen molar-refractivity contribution in [1.29, 1.82) is 0 Å². The maximum atomic E-state index is 10.9. The lowest BCUT2D eigenvalue weighted by Gasteiger charge is -2.31. The first-order valence-corrected chi connectivity index (χ1v) is 8.12. The van der Waals surface area contributed by atoms with Crippen molar-refractivity contribution in [1.82, 2.24) is 4.90 Å². The molecule has 120 valence electrons. The molecule has 22 heavy (non-hydrogen) atoms. The Kier molecular flexibility index (Phi) is 4.83. The van der Waals surface area contributed by atoms with Crippen LogP contribution in [0.15, 0.2) is 24.3 Å². The number of nitrogens with zero attached hydrogens (tertiary/aromatic N) is 2.